The highest BCUT2D eigenvalue weighted by Crippen LogP contribution is 2.33. The third-order valence-corrected chi connectivity index (χ3v) is 4.96. The number of ether oxygens (including phenoxy) is 3. The average molecular weight is 423 g/mol. The summed E-state index contributed by atoms with van der Waals surface area (Å²) in [6.07, 6.45) is 1.01. The molecule has 0 aromatic heterocycles. The van der Waals surface area contributed by atoms with Gasteiger partial charge in [0.1, 0.15) is 23.8 Å². The van der Waals surface area contributed by atoms with Crippen molar-refractivity contribution in [2.75, 3.05) is 36.6 Å². The van der Waals surface area contributed by atoms with E-state index in [1.54, 1.807) is 36.4 Å². The molecule has 1 amide bonds. The Bertz CT molecular complexity index is 959. The van der Waals surface area contributed by atoms with Crippen molar-refractivity contribution >= 4 is 27.3 Å². The number of anilines is 2. The first-order chi connectivity index (χ1) is 13.6. The highest BCUT2D eigenvalue weighted by molar-refractivity contribution is 7.92. The van der Waals surface area contributed by atoms with Gasteiger partial charge < -0.3 is 19.5 Å². The Labute approximate surface area is 171 Å². The van der Waals surface area contributed by atoms with Crippen molar-refractivity contribution in [2.24, 2.45) is 0 Å². The van der Waals surface area contributed by atoms with E-state index in [1.165, 1.54) is 20.3 Å². The van der Waals surface area contributed by atoms with E-state index in [9.17, 15) is 13.2 Å². The molecule has 158 valence electrons. The standard InChI is InChI=1S/C20H26N2O6S/c1-14(2)28-17-8-6-7-15(11-17)21-20(23)13-22(29(5,24)25)18-12-16(26-3)9-10-19(18)27-4/h6-12,14H,13H2,1-5H3,(H,21,23). The number of hydrogen-bond acceptors (Lipinski definition) is 6. The molecular weight excluding hydrogens is 396 g/mol. The predicted molar refractivity (Wildman–Crippen MR) is 113 cm³/mol. The summed E-state index contributed by atoms with van der Waals surface area (Å²) < 4.78 is 41.8. The van der Waals surface area contributed by atoms with Gasteiger partial charge >= 0.3 is 0 Å². The van der Waals surface area contributed by atoms with Crippen LogP contribution in [0.2, 0.25) is 0 Å². The van der Waals surface area contributed by atoms with Crippen LogP contribution in [-0.4, -0.2) is 47.4 Å². The smallest absolute Gasteiger partial charge is 0.245 e. The summed E-state index contributed by atoms with van der Waals surface area (Å²) in [5.41, 5.74) is 0.709. The fourth-order valence-corrected chi connectivity index (χ4v) is 3.47. The van der Waals surface area contributed by atoms with E-state index >= 15 is 0 Å². The molecule has 0 aliphatic heterocycles. The average Bonchev–Trinajstić information content (AvgIpc) is 2.64. The van der Waals surface area contributed by atoms with Crippen molar-refractivity contribution in [1.82, 2.24) is 0 Å². The van der Waals surface area contributed by atoms with E-state index in [4.69, 9.17) is 14.2 Å². The summed E-state index contributed by atoms with van der Waals surface area (Å²) in [6.45, 7) is 3.37. The lowest BCUT2D eigenvalue weighted by Gasteiger charge is -2.24. The number of nitrogens with one attached hydrogen (secondary N) is 1. The summed E-state index contributed by atoms with van der Waals surface area (Å²) in [6, 6.07) is 11.6. The Kier molecular flexibility index (Phi) is 7.33. The Morgan fingerprint density at radius 1 is 1.07 bits per heavy atom. The molecule has 2 aromatic carbocycles. The second kappa shape index (κ2) is 9.51. The maximum Gasteiger partial charge on any atom is 0.245 e. The van der Waals surface area contributed by atoms with E-state index in [0.717, 1.165) is 10.6 Å². The largest absolute Gasteiger partial charge is 0.497 e. The minimum atomic E-state index is -3.77. The summed E-state index contributed by atoms with van der Waals surface area (Å²) in [7, 11) is -0.884. The van der Waals surface area contributed by atoms with Crippen molar-refractivity contribution in [3.8, 4) is 17.2 Å². The van der Waals surface area contributed by atoms with Crippen LogP contribution in [0, 0.1) is 0 Å². The molecule has 0 saturated carbocycles. The van der Waals surface area contributed by atoms with Crippen molar-refractivity contribution in [1.29, 1.82) is 0 Å². The van der Waals surface area contributed by atoms with Gasteiger partial charge in [-0.05, 0) is 38.1 Å². The summed E-state index contributed by atoms with van der Waals surface area (Å²) in [5, 5.41) is 2.70. The highest BCUT2D eigenvalue weighted by atomic mass is 32.2. The molecule has 9 heteroatoms. The summed E-state index contributed by atoms with van der Waals surface area (Å²) in [4.78, 5) is 12.6. The van der Waals surface area contributed by atoms with Crippen LogP contribution in [0.15, 0.2) is 42.5 Å². The third-order valence-electron chi connectivity index (χ3n) is 3.83. The number of hydrogen-bond donors (Lipinski definition) is 1. The zero-order valence-corrected chi connectivity index (χ0v) is 17.9. The van der Waals surface area contributed by atoms with Gasteiger partial charge in [0.2, 0.25) is 15.9 Å². The van der Waals surface area contributed by atoms with Gasteiger partial charge in [0.05, 0.1) is 32.3 Å². The Morgan fingerprint density at radius 2 is 1.79 bits per heavy atom. The van der Waals surface area contributed by atoms with E-state index in [-0.39, 0.29) is 11.8 Å². The normalized spacial score (nSPS) is 11.1. The molecule has 29 heavy (non-hydrogen) atoms. The predicted octanol–water partition coefficient (Wildman–Crippen LogP) is 2.90. The molecule has 1 N–H and O–H groups in total. The molecule has 2 rings (SSSR count). The first-order valence-corrected chi connectivity index (χ1v) is 10.7. The van der Waals surface area contributed by atoms with Crippen LogP contribution in [0.3, 0.4) is 0 Å². The van der Waals surface area contributed by atoms with Gasteiger partial charge in [-0.2, -0.15) is 0 Å². The maximum absolute atomic E-state index is 12.6. The zero-order chi connectivity index (χ0) is 21.6. The molecule has 0 aliphatic carbocycles. The van der Waals surface area contributed by atoms with Crippen molar-refractivity contribution in [3.63, 3.8) is 0 Å². The highest BCUT2D eigenvalue weighted by Gasteiger charge is 2.24. The van der Waals surface area contributed by atoms with Gasteiger partial charge in [-0.15, -0.1) is 0 Å². The monoisotopic (exact) mass is 422 g/mol. The molecule has 8 nitrogen and oxygen atoms in total. The summed E-state index contributed by atoms with van der Waals surface area (Å²) in [5.74, 6) is 0.832. The third kappa shape index (κ3) is 6.28. The van der Waals surface area contributed by atoms with Gasteiger partial charge in [0.25, 0.3) is 0 Å². The van der Waals surface area contributed by atoms with Crippen LogP contribution in [0.4, 0.5) is 11.4 Å². The molecule has 0 bridgehead atoms. The van der Waals surface area contributed by atoms with Gasteiger partial charge in [-0.25, -0.2) is 8.42 Å². The molecule has 0 saturated heterocycles. The summed E-state index contributed by atoms with van der Waals surface area (Å²) >= 11 is 0. The van der Waals surface area contributed by atoms with E-state index < -0.39 is 22.5 Å². The second-order valence-corrected chi connectivity index (χ2v) is 8.46. The Balaban J connectivity index is 2.27. The quantitative estimate of drug-likeness (QED) is 0.668. The molecule has 0 aliphatic rings. The number of methoxy groups -OCH3 is 2. The topological polar surface area (TPSA) is 94.2 Å². The fourth-order valence-electron chi connectivity index (χ4n) is 2.62. The number of benzene rings is 2. The van der Waals surface area contributed by atoms with Crippen LogP contribution in [0.25, 0.3) is 0 Å². The maximum atomic E-state index is 12.6. The van der Waals surface area contributed by atoms with Crippen LogP contribution < -0.4 is 23.8 Å². The van der Waals surface area contributed by atoms with Gasteiger partial charge in [-0.3, -0.25) is 9.10 Å². The first-order valence-electron chi connectivity index (χ1n) is 8.90. The van der Waals surface area contributed by atoms with Crippen molar-refractivity contribution in [2.45, 2.75) is 20.0 Å². The fraction of sp³-hybridized carbons (Fsp3) is 0.350. The lowest BCUT2D eigenvalue weighted by Crippen LogP contribution is -2.37. The van der Waals surface area contributed by atoms with E-state index in [2.05, 4.69) is 5.32 Å². The Hall–Kier alpha value is -2.94. The van der Waals surface area contributed by atoms with Crippen LogP contribution in [0.5, 0.6) is 17.2 Å². The van der Waals surface area contributed by atoms with Crippen LogP contribution >= 0.6 is 0 Å². The van der Waals surface area contributed by atoms with Gasteiger partial charge in [0.15, 0.2) is 0 Å². The molecule has 0 unspecified atom stereocenters. The van der Waals surface area contributed by atoms with E-state index in [0.29, 0.717) is 22.9 Å². The van der Waals surface area contributed by atoms with Gasteiger partial charge in [-0.1, -0.05) is 6.07 Å². The molecule has 0 heterocycles. The zero-order valence-electron chi connectivity index (χ0n) is 17.1. The minimum absolute atomic E-state index is 0.0118. The lowest BCUT2D eigenvalue weighted by molar-refractivity contribution is -0.114. The number of nitrogens with zero attached hydrogens (tertiary/aromatic N) is 1. The molecule has 0 atom stereocenters. The minimum Gasteiger partial charge on any atom is -0.497 e. The molecular formula is C20H26N2O6S. The lowest BCUT2D eigenvalue weighted by atomic mass is 10.2. The second-order valence-electron chi connectivity index (χ2n) is 6.55. The van der Waals surface area contributed by atoms with Crippen LogP contribution in [-0.2, 0) is 14.8 Å². The number of sulfonamides is 1. The first kappa shape index (κ1) is 22.4. The van der Waals surface area contributed by atoms with Crippen LogP contribution in [0.1, 0.15) is 13.8 Å². The Morgan fingerprint density at radius 3 is 2.38 bits per heavy atom. The number of amides is 1. The number of rotatable bonds is 9. The number of carbonyl (C=O) groups is 1. The molecule has 0 spiro atoms. The van der Waals surface area contributed by atoms with E-state index in [1.807, 2.05) is 13.8 Å². The SMILES string of the molecule is COc1ccc(OC)c(N(CC(=O)Nc2cccc(OC(C)C)c2)S(C)(=O)=O)c1. The molecule has 0 fully saturated rings. The van der Waals surface area contributed by atoms with Gasteiger partial charge in [0, 0.05) is 17.8 Å². The van der Waals surface area contributed by atoms with Crippen molar-refractivity contribution < 1.29 is 27.4 Å². The number of carbonyl (C=O) groups excluding carboxylic acids is 1. The molecule has 0 radical (unpaired) electrons. The van der Waals surface area contributed by atoms with Crippen molar-refractivity contribution in [3.05, 3.63) is 42.5 Å². The molecule has 2 aromatic rings.